The van der Waals surface area contributed by atoms with Crippen molar-refractivity contribution in [2.75, 3.05) is 5.32 Å². The van der Waals surface area contributed by atoms with Gasteiger partial charge in [0.1, 0.15) is 5.82 Å². The molecule has 0 fully saturated rings. The van der Waals surface area contributed by atoms with E-state index in [4.69, 9.17) is 5.73 Å². The summed E-state index contributed by atoms with van der Waals surface area (Å²) in [5.41, 5.74) is 8.39. The van der Waals surface area contributed by atoms with E-state index in [1.165, 1.54) is 6.07 Å². The molecule has 104 valence electrons. The Hall–Kier alpha value is -2.20. The summed E-state index contributed by atoms with van der Waals surface area (Å²) in [7, 11) is 0. The Morgan fingerprint density at radius 2 is 1.80 bits per heavy atom. The van der Waals surface area contributed by atoms with Crippen LogP contribution in [0.1, 0.15) is 16.7 Å². The molecule has 3 nitrogen and oxygen atoms in total. The van der Waals surface area contributed by atoms with E-state index in [1.807, 2.05) is 24.3 Å². The first-order valence-electron chi connectivity index (χ1n) is 6.43. The van der Waals surface area contributed by atoms with Crippen LogP contribution in [0.4, 0.5) is 10.1 Å². The molecule has 0 unspecified atom stereocenters. The molecule has 2 aromatic rings. The molecule has 0 atom stereocenters. The molecule has 0 spiro atoms. The summed E-state index contributed by atoms with van der Waals surface area (Å²) in [4.78, 5) is 11.9. The highest BCUT2D eigenvalue weighted by atomic mass is 19.1. The summed E-state index contributed by atoms with van der Waals surface area (Å²) < 4.78 is 13.4. The first-order chi connectivity index (χ1) is 9.60. The Morgan fingerprint density at radius 3 is 2.45 bits per heavy atom. The molecule has 0 saturated heterocycles. The van der Waals surface area contributed by atoms with Crippen LogP contribution in [-0.4, -0.2) is 5.91 Å². The van der Waals surface area contributed by atoms with E-state index in [0.29, 0.717) is 17.8 Å². The van der Waals surface area contributed by atoms with Gasteiger partial charge in [0.15, 0.2) is 0 Å². The van der Waals surface area contributed by atoms with Crippen LogP contribution in [0.15, 0.2) is 42.5 Å². The zero-order valence-corrected chi connectivity index (χ0v) is 11.3. The molecule has 0 aromatic heterocycles. The van der Waals surface area contributed by atoms with Gasteiger partial charge in [-0.25, -0.2) is 4.39 Å². The summed E-state index contributed by atoms with van der Waals surface area (Å²) in [6, 6.07) is 12.2. The third-order valence-electron chi connectivity index (χ3n) is 3.17. The molecule has 2 rings (SSSR count). The lowest BCUT2D eigenvalue weighted by Crippen LogP contribution is -2.15. The van der Waals surface area contributed by atoms with E-state index < -0.39 is 0 Å². The molecule has 0 radical (unpaired) electrons. The third-order valence-corrected chi connectivity index (χ3v) is 3.17. The van der Waals surface area contributed by atoms with E-state index in [2.05, 4.69) is 5.32 Å². The second-order valence-corrected chi connectivity index (χ2v) is 4.66. The highest BCUT2D eigenvalue weighted by Crippen LogP contribution is 2.17. The monoisotopic (exact) mass is 272 g/mol. The first-order valence-corrected chi connectivity index (χ1v) is 6.43. The average Bonchev–Trinajstić information content (AvgIpc) is 2.45. The number of amides is 1. The van der Waals surface area contributed by atoms with Crippen molar-refractivity contribution in [3.8, 4) is 0 Å². The first kappa shape index (κ1) is 14.2. The van der Waals surface area contributed by atoms with Crippen LogP contribution in [-0.2, 0) is 17.8 Å². The fourth-order valence-electron chi connectivity index (χ4n) is 1.92. The van der Waals surface area contributed by atoms with Gasteiger partial charge in [-0.1, -0.05) is 30.3 Å². The topological polar surface area (TPSA) is 55.1 Å². The number of anilines is 1. The van der Waals surface area contributed by atoms with E-state index in [9.17, 15) is 9.18 Å². The lowest BCUT2D eigenvalue weighted by molar-refractivity contribution is -0.115. The average molecular weight is 272 g/mol. The predicted octanol–water partition coefficient (Wildman–Crippen LogP) is 2.77. The van der Waals surface area contributed by atoms with E-state index in [-0.39, 0.29) is 18.1 Å². The Bertz CT molecular complexity index is 608. The smallest absolute Gasteiger partial charge is 0.228 e. The normalized spacial score (nSPS) is 10.3. The minimum atomic E-state index is -0.324. The van der Waals surface area contributed by atoms with Gasteiger partial charge in [-0.05, 0) is 30.2 Å². The van der Waals surface area contributed by atoms with Crippen LogP contribution in [0.3, 0.4) is 0 Å². The van der Waals surface area contributed by atoms with E-state index in [1.54, 1.807) is 19.1 Å². The van der Waals surface area contributed by atoms with Crippen LogP contribution in [0, 0.1) is 12.7 Å². The Morgan fingerprint density at radius 1 is 1.15 bits per heavy atom. The minimum Gasteiger partial charge on any atom is -0.326 e. The number of hydrogen-bond donors (Lipinski definition) is 2. The zero-order valence-electron chi connectivity index (χ0n) is 11.3. The number of carbonyl (C=O) groups is 1. The van der Waals surface area contributed by atoms with Crippen molar-refractivity contribution >= 4 is 11.6 Å². The predicted molar refractivity (Wildman–Crippen MR) is 77.8 cm³/mol. The molecule has 0 aliphatic heterocycles. The molecular formula is C16H17FN2O. The lowest BCUT2D eigenvalue weighted by Gasteiger charge is -2.09. The van der Waals surface area contributed by atoms with Gasteiger partial charge in [-0.3, -0.25) is 4.79 Å². The van der Waals surface area contributed by atoms with Gasteiger partial charge in [-0.2, -0.15) is 0 Å². The molecule has 0 aliphatic rings. The molecule has 3 N–H and O–H groups in total. The molecule has 1 amide bonds. The molecular weight excluding hydrogens is 255 g/mol. The Balaban J connectivity index is 2.03. The van der Waals surface area contributed by atoms with Crippen molar-refractivity contribution in [1.82, 2.24) is 0 Å². The molecule has 20 heavy (non-hydrogen) atoms. The van der Waals surface area contributed by atoms with E-state index in [0.717, 1.165) is 11.1 Å². The van der Waals surface area contributed by atoms with Crippen molar-refractivity contribution in [2.45, 2.75) is 19.9 Å². The maximum atomic E-state index is 13.4. The van der Waals surface area contributed by atoms with Crippen LogP contribution in [0.25, 0.3) is 0 Å². The fourth-order valence-corrected chi connectivity index (χ4v) is 1.92. The van der Waals surface area contributed by atoms with Gasteiger partial charge in [0.25, 0.3) is 0 Å². The molecule has 0 aliphatic carbocycles. The van der Waals surface area contributed by atoms with Gasteiger partial charge in [0.05, 0.1) is 6.42 Å². The highest BCUT2D eigenvalue weighted by molar-refractivity contribution is 5.92. The maximum absolute atomic E-state index is 13.4. The largest absolute Gasteiger partial charge is 0.326 e. The summed E-state index contributed by atoms with van der Waals surface area (Å²) in [6.07, 6.45) is 0.251. The van der Waals surface area contributed by atoms with Gasteiger partial charge in [0.2, 0.25) is 5.91 Å². The number of hydrogen-bond acceptors (Lipinski definition) is 2. The molecule has 0 bridgehead atoms. The summed E-state index contributed by atoms with van der Waals surface area (Å²) in [6.45, 7) is 2.12. The van der Waals surface area contributed by atoms with Gasteiger partial charge in [0, 0.05) is 17.8 Å². The number of halogens is 1. The quantitative estimate of drug-likeness (QED) is 0.899. The van der Waals surface area contributed by atoms with Crippen LogP contribution < -0.4 is 11.1 Å². The highest BCUT2D eigenvalue weighted by Gasteiger charge is 2.08. The zero-order chi connectivity index (χ0) is 14.5. The number of benzene rings is 2. The number of carbonyl (C=O) groups excluding carboxylic acids is 1. The Kier molecular flexibility index (Phi) is 4.48. The minimum absolute atomic E-state index is 0.167. The van der Waals surface area contributed by atoms with Crippen molar-refractivity contribution in [3.05, 3.63) is 65.0 Å². The standard InChI is InChI=1S/C16H17FN2O/c1-11-14(17)3-2-4-15(11)19-16(20)9-12-5-7-13(10-18)8-6-12/h2-8H,9-10,18H2,1H3,(H,19,20). The summed E-state index contributed by atoms with van der Waals surface area (Å²) in [5.74, 6) is -0.491. The Labute approximate surface area is 117 Å². The molecule has 0 saturated carbocycles. The second kappa shape index (κ2) is 6.30. The molecule has 0 heterocycles. The van der Waals surface area contributed by atoms with Crippen molar-refractivity contribution < 1.29 is 9.18 Å². The summed E-state index contributed by atoms with van der Waals surface area (Å²) in [5, 5.41) is 2.72. The van der Waals surface area contributed by atoms with Crippen LogP contribution in [0.5, 0.6) is 0 Å². The number of nitrogens with one attached hydrogen (secondary N) is 1. The second-order valence-electron chi connectivity index (χ2n) is 4.66. The molecule has 4 heteroatoms. The molecule has 2 aromatic carbocycles. The van der Waals surface area contributed by atoms with Gasteiger partial charge >= 0.3 is 0 Å². The lowest BCUT2D eigenvalue weighted by atomic mass is 10.1. The number of rotatable bonds is 4. The van der Waals surface area contributed by atoms with Crippen LogP contribution >= 0.6 is 0 Å². The third kappa shape index (κ3) is 3.42. The maximum Gasteiger partial charge on any atom is 0.228 e. The van der Waals surface area contributed by atoms with E-state index >= 15 is 0 Å². The van der Waals surface area contributed by atoms with Crippen molar-refractivity contribution in [3.63, 3.8) is 0 Å². The fraction of sp³-hybridized carbons (Fsp3) is 0.188. The van der Waals surface area contributed by atoms with Gasteiger partial charge < -0.3 is 11.1 Å². The van der Waals surface area contributed by atoms with Crippen molar-refractivity contribution in [1.29, 1.82) is 0 Å². The SMILES string of the molecule is Cc1c(F)cccc1NC(=O)Cc1ccc(CN)cc1. The summed E-state index contributed by atoms with van der Waals surface area (Å²) >= 11 is 0. The van der Waals surface area contributed by atoms with Crippen LogP contribution in [0.2, 0.25) is 0 Å². The number of nitrogens with two attached hydrogens (primary N) is 1. The van der Waals surface area contributed by atoms with Crippen molar-refractivity contribution in [2.24, 2.45) is 5.73 Å². The van der Waals surface area contributed by atoms with Gasteiger partial charge in [-0.15, -0.1) is 0 Å².